The maximum Gasteiger partial charge on any atom is 0.262 e. The molecule has 0 saturated carbocycles. The van der Waals surface area contributed by atoms with Gasteiger partial charge in [0.05, 0.1) is 13.3 Å². The maximum atomic E-state index is 14.6. The first-order valence-electron chi connectivity index (χ1n) is 9.03. The zero-order chi connectivity index (χ0) is 21.3. The van der Waals surface area contributed by atoms with E-state index in [1.807, 2.05) is 13.0 Å². The summed E-state index contributed by atoms with van der Waals surface area (Å²) in [4.78, 5) is 27.3. The van der Waals surface area contributed by atoms with Crippen molar-refractivity contribution in [2.75, 3.05) is 12.4 Å². The molecule has 4 heterocycles. The van der Waals surface area contributed by atoms with Gasteiger partial charge < -0.3 is 15.0 Å². The molecule has 0 spiro atoms. The van der Waals surface area contributed by atoms with Crippen LogP contribution in [-0.2, 0) is 6.42 Å². The number of amides is 1. The molecular formula is C21H17F2N5O2. The number of halogens is 2. The van der Waals surface area contributed by atoms with E-state index >= 15 is 0 Å². The van der Waals surface area contributed by atoms with Crippen molar-refractivity contribution in [1.82, 2.24) is 19.9 Å². The monoisotopic (exact) mass is 409 g/mol. The minimum absolute atomic E-state index is 0.0102. The summed E-state index contributed by atoms with van der Waals surface area (Å²) in [6.07, 6.45) is 4.78. The van der Waals surface area contributed by atoms with Gasteiger partial charge in [-0.15, -0.1) is 0 Å². The summed E-state index contributed by atoms with van der Waals surface area (Å²) in [5.74, 6) is -2.18. The molecular weight excluding hydrogens is 392 g/mol. The Balaban J connectivity index is 1.55. The number of ether oxygens (including phenoxy) is 1. The number of aryl methyl sites for hydroxylation is 1. The second kappa shape index (κ2) is 7.86. The van der Waals surface area contributed by atoms with Crippen LogP contribution in [0.2, 0.25) is 0 Å². The Labute approximate surface area is 170 Å². The van der Waals surface area contributed by atoms with Crippen LogP contribution < -0.4 is 10.1 Å². The van der Waals surface area contributed by atoms with Gasteiger partial charge in [0.2, 0.25) is 11.8 Å². The summed E-state index contributed by atoms with van der Waals surface area (Å²) in [5, 5.41) is 3.35. The molecule has 30 heavy (non-hydrogen) atoms. The first kappa shape index (κ1) is 19.4. The molecule has 9 heteroatoms. The van der Waals surface area contributed by atoms with E-state index in [4.69, 9.17) is 4.74 Å². The van der Waals surface area contributed by atoms with E-state index in [9.17, 15) is 13.6 Å². The lowest BCUT2D eigenvalue weighted by molar-refractivity contribution is 0.102. The zero-order valence-electron chi connectivity index (χ0n) is 16.2. The molecule has 0 fully saturated rings. The molecule has 0 unspecified atom stereocenters. The molecule has 0 aliphatic carbocycles. The number of hydrogen-bond acceptors (Lipinski definition) is 5. The van der Waals surface area contributed by atoms with Crippen LogP contribution in [0.4, 0.5) is 14.6 Å². The minimum Gasteiger partial charge on any atom is -0.480 e. The van der Waals surface area contributed by atoms with Gasteiger partial charge in [-0.2, -0.15) is 4.39 Å². The average molecular weight is 409 g/mol. The number of fused-ring (bicyclic) bond motifs is 1. The van der Waals surface area contributed by atoms with Crippen molar-refractivity contribution in [1.29, 1.82) is 0 Å². The molecule has 4 rings (SSSR count). The number of hydrogen-bond donors (Lipinski definition) is 2. The first-order valence-corrected chi connectivity index (χ1v) is 9.03. The van der Waals surface area contributed by atoms with Gasteiger partial charge >= 0.3 is 0 Å². The highest BCUT2D eigenvalue weighted by Crippen LogP contribution is 2.23. The standard InChI is InChI=1S/C21H17F2N5O2/c1-11-5-15-13(9-25-19(15)24-8-11)6-12-3-4-17(27-18(12)23)28-20(29)16-7-14(22)10-26-21(16)30-2/h3-5,7-10H,6H2,1-2H3,(H,24,25)(H,27,28,29). The number of rotatable bonds is 5. The van der Waals surface area contributed by atoms with E-state index in [0.29, 0.717) is 12.0 Å². The third-order valence-corrected chi connectivity index (χ3v) is 4.56. The van der Waals surface area contributed by atoms with Crippen molar-refractivity contribution in [3.8, 4) is 5.88 Å². The third-order valence-electron chi connectivity index (χ3n) is 4.56. The average Bonchev–Trinajstić information content (AvgIpc) is 3.11. The molecule has 0 saturated heterocycles. The predicted octanol–water partition coefficient (Wildman–Crippen LogP) is 3.79. The molecule has 152 valence electrons. The number of aromatic amines is 1. The van der Waals surface area contributed by atoms with Crippen LogP contribution in [0, 0.1) is 18.7 Å². The predicted molar refractivity (Wildman–Crippen MR) is 107 cm³/mol. The highest BCUT2D eigenvalue weighted by Gasteiger charge is 2.17. The number of nitrogens with zero attached hydrogens (tertiary/aromatic N) is 3. The first-order chi connectivity index (χ1) is 14.4. The lowest BCUT2D eigenvalue weighted by Gasteiger charge is -2.09. The van der Waals surface area contributed by atoms with E-state index in [1.165, 1.54) is 13.2 Å². The number of carbonyl (C=O) groups is 1. The number of pyridine rings is 3. The normalized spacial score (nSPS) is 10.9. The summed E-state index contributed by atoms with van der Waals surface area (Å²) in [6.45, 7) is 1.94. The molecule has 4 aromatic heterocycles. The lowest BCUT2D eigenvalue weighted by atomic mass is 10.1. The van der Waals surface area contributed by atoms with Crippen molar-refractivity contribution in [3.63, 3.8) is 0 Å². The van der Waals surface area contributed by atoms with Crippen molar-refractivity contribution >= 4 is 22.8 Å². The van der Waals surface area contributed by atoms with Gasteiger partial charge in [-0.05, 0) is 36.2 Å². The summed E-state index contributed by atoms with van der Waals surface area (Å²) in [7, 11) is 1.31. The Morgan fingerprint density at radius 2 is 2.00 bits per heavy atom. The van der Waals surface area contributed by atoms with Gasteiger partial charge in [0.25, 0.3) is 5.91 Å². The van der Waals surface area contributed by atoms with Crippen LogP contribution in [0.5, 0.6) is 5.88 Å². The molecule has 4 aromatic rings. The van der Waals surface area contributed by atoms with Crippen molar-refractivity contribution in [3.05, 3.63) is 76.9 Å². The van der Waals surface area contributed by atoms with Crippen LogP contribution in [0.3, 0.4) is 0 Å². The van der Waals surface area contributed by atoms with Crippen molar-refractivity contribution < 1.29 is 18.3 Å². The Morgan fingerprint density at radius 3 is 2.77 bits per heavy atom. The second-order valence-electron chi connectivity index (χ2n) is 6.71. The summed E-state index contributed by atoms with van der Waals surface area (Å²) in [5.41, 5.74) is 2.85. The van der Waals surface area contributed by atoms with Gasteiger partial charge in [-0.3, -0.25) is 4.79 Å². The summed E-state index contributed by atoms with van der Waals surface area (Å²) in [6, 6.07) is 5.99. The summed E-state index contributed by atoms with van der Waals surface area (Å²) >= 11 is 0. The van der Waals surface area contributed by atoms with Crippen LogP contribution in [-0.4, -0.2) is 33.0 Å². The molecule has 7 nitrogen and oxygen atoms in total. The molecule has 0 aliphatic rings. The van der Waals surface area contributed by atoms with Gasteiger partial charge in [0, 0.05) is 29.8 Å². The van der Waals surface area contributed by atoms with Crippen LogP contribution >= 0.6 is 0 Å². The number of aromatic nitrogens is 4. The fraction of sp³-hybridized carbons (Fsp3) is 0.143. The maximum absolute atomic E-state index is 14.6. The SMILES string of the molecule is COc1ncc(F)cc1C(=O)Nc1ccc(Cc2c[nH]c3ncc(C)cc23)c(F)n1. The number of carbonyl (C=O) groups excluding carboxylic acids is 1. The van der Waals surface area contributed by atoms with Gasteiger partial charge in [-0.25, -0.2) is 19.3 Å². The number of H-pyrrole nitrogens is 1. The van der Waals surface area contributed by atoms with Gasteiger partial charge in [0.1, 0.15) is 22.8 Å². The fourth-order valence-electron chi connectivity index (χ4n) is 3.11. The van der Waals surface area contributed by atoms with Gasteiger partial charge in [-0.1, -0.05) is 6.07 Å². The third kappa shape index (κ3) is 3.82. The highest BCUT2D eigenvalue weighted by molar-refractivity contribution is 6.05. The number of anilines is 1. The quantitative estimate of drug-likeness (QED) is 0.489. The number of methoxy groups -OCH3 is 1. The molecule has 0 aromatic carbocycles. The highest BCUT2D eigenvalue weighted by atomic mass is 19.1. The zero-order valence-corrected chi connectivity index (χ0v) is 16.2. The van der Waals surface area contributed by atoms with E-state index in [2.05, 4.69) is 25.3 Å². The largest absolute Gasteiger partial charge is 0.480 e. The van der Waals surface area contributed by atoms with Crippen molar-refractivity contribution in [2.24, 2.45) is 0 Å². The smallest absolute Gasteiger partial charge is 0.262 e. The Kier molecular flexibility index (Phi) is 5.09. The molecule has 0 atom stereocenters. The van der Waals surface area contributed by atoms with Crippen LogP contribution in [0.25, 0.3) is 11.0 Å². The molecule has 2 N–H and O–H groups in total. The van der Waals surface area contributed by atoms with E-state index in [0.717, 1.165) is 34.4 Å². The summed E-state index contributed by atoms with van der Waals surface area (Å²) < 4.78 is 33.0. The number of nitrogens with one attached hydrogen (secondary N) is 2. The topological polar surface area (TPSA) is 92.8 Å². The molecule has 1 amide bonds. The van der Waals surface area contributed by atoms with Crippen LogP contribution in [0.15, 0.2) is 42.9 Å². The Morgan fingerprint density at radius 1 is 1.17 bits per heavy atom. The Hall–Kier alpha value is -3.88. The molecule has 0 aliphatic heterocycles. The van der Waals surface area contributed by atoms with E-state index in [-0.39, 0.29) is 17.3 Å². The van der Waals surface area contributed by atoms with Crippen LogP contribution in [0.1, 0.15) is 27.0 Å². The second-order valence-corrected chi connectivity index (χ2v) is 6.71. The van der Waals surface area contributed by atoms with E-state index in [1.54, 1.807) is 18.5 Å². The fourth-order valence-corrected chi connectivity index (χ4v) is 3.11. The Bertz CT molecular complexity index is 1260. The molecule has 0 radical (unpaired) electrons. The molecule has 0 bridgehead atoms. The van der Waals surface area contributed by atoms with Crippen molar-refractivity contribution in [2.45, 2.75) is 13.3 Å². The minimum atomic E-state index is -0.716. The van der Waals surface area contributed by atoms with Gasteiger partial charge in [0.15, 0.2) is 0 Å². The van der Waals surface area contributed by atoms with E-state index < -0.39 is 17.7 Å². The lowest BCUT2D eigenvalue weighted by Crippen LogP contribution is -2.15.